The second-order valence-electron chi connectivity index (χ2n) is 6.04. The number of esters is 1. The second-order valence-corrected chi connectivity index (χ2v) is 10.5. The van der Waals surface area contributed by atoms with Gasteiger partial charge in [-0.15, -0.1) is 0 Å². The summed E-state index contributed by atoms with van der Waals surface area (Å²) in [4.78, 5) is 11.5. The van der Waals surface area contributed by atoms with Crippen molar-refractivity contribution < 1.29 is 18.7 Å². The van der Waals surface area contributed by atoms with Crippen LogP contribution in [0.4, 0.5) is 0 Å². The molecule has 0 fully saturated rings. The van der Waals surface area contributed by atoms with Gasteiger partial charge in [0.1, 0.15) is 0 Å². The van der Waals surface area contributed by atoms with E-state index < -0.39 is 8.32 Å². The Bertz CT molecular complexity index is 388. The van der Waals surface area contributed by atoms with Crippen LogP contribution in [0.2, 0.25) is 19.6 Å². The van der Waals surface area contributed by atoms with Crippen molar-refractivity contribution >= 4 is 14.3 Å². The molecule has 0 aliphatic rings. The molecule has 0 amide bonds. The average Bonchev–Trinajstić information content (AvgIpc) is 2.32. The van der Waals surface area contributed by atoms with Gasteiger partial charge in [-0.05, 0) is 57.1 Å². The van der Waals surface area contributed by atoms with E-state index in [0.717, 1.165) is 5.57 Å². The zero-order valence-electron chi connectivity index (χ0n) is 14.5. The zero-order valence-corrected chi connectivity index (χ0v) is 15.5. The van der Waals surface area contributed by atoms with Crippen molar-refractivity contribution in [1.82, 2.24) is 0 Å². The van der Waals surface area contributed by atoms with Crippen LogP contribution in [0, 0.1) is 5.92 Å². The van der Waals surface area contributed by atoms with Crippen LogP contribution in [0.15, 0.2) is 17.2 Å². The molecule has 5 heteroatoms. The normalized spacial score (nSPS) is 10.9. The van der Waals surface area contributed by atoms with Gasteiger partial charge in [-0.25, -0.2) is 0 Å². The van der Waals surface area contributed by atoms with E-state index in [-0.39, 0.29) is 11.9 Å². The van der Waals surface area contributed by atoms with E-state index in [4.69, 9.17) is 13.9 Å². The van der Waals surface area contributed by atoms with Gasteiger partial charge in [-0.3, -0.25) is 4.79 Å². The van der Waals surface area contributed by atoms with E-state index in [1.165, 1.54) is 0 Å². The minimum Gasteiger partial charge on any atom is -0.514 e. The molecule has 0 N–H and O–H groups in total. The summed E-state index contributed by atoms with van der Waals surface area (Å²) in [7, 11) is -1.75. The fourth-order valence-corrected chi connectivity index (χ4v) is 2.26. The fourth-order valence-electron chi connectivity index (χ4n) is 1.60. The summed E-state index contributed by atoms with van der Waals surface area (Å²) in [5.41, 5.74) is 4.24. The predicted octanol–water partition coefficient (Wildman–Crippen LogP) is 4.24. The third kappa shape index (κ3) is 10.2. The Morgan fingerprint density at radius 2 is 1.62 bits per heavy atom. The largest absolute Gasteiger partial charge is 0.514 e. The first-order chi connectivity index (χ1) is 9.69. The monoisotopic (exact) mass is 314 g/mol. The molecule has 21 heavy (non-hydrogen) atoms. The summed E-state index contributed by atoms with van der Waals surface area (Å²) in [6.45, 7) is 15.1. The third-order valence-electron chi connectivity index (χ3n) is 2.54. The standard InChI is InChI=1S/C16H30O4Si/c1-8-18-15(17)11-10-14(13(3)4)12-16(19-9-2)20-21(5,6)7/h13H,8-11H2,1-7H3. The van der Waals surface area contributed by atoms with Crippen LogP contribution in [-0.4, -0.2) is 27.5 Å². The van der Waals surface area contributed by atoms with Gasteiger partial charge in [0.25, 0.3) is 0 Å². The molecule has 0 aromatic heterocycles. The number of hydrogen-bond donors (Lipinski definition) is 0. The van der Waals surface area contributed by atoms with E-state index in [2.05, 4.69) is 39.2 Å². The molecule has 0 atom stereocenters. The van der Waals surface area contributed by atoms with Crippen LogP contribution < -0.4 is 0 Å². The van der Waals surface area contributed by atoms with Crippen molar-refractivity contribution in [1.29, 1.82) is 0 Å². The number of hydrogen-bond acceptors (Lipinski definition) is 4. The van der Waals surface area contributed by atoms with E-state index in [0.29, 0.717) is 32.0 Å². The quantitative estimate of drug-likeness (QED) is 0.276. The lowest BCUT2D eigenvalue weighted by Gasteiger charge is -2.20. The molecule has 0 aromatic rings. The molecule has 0 aromatic carbocycles. The Balaban J connectivity index is 5.14. The third-order valence-corrected chi connectivity index (χ3v) is 3.34. The van der Waals surface area contributed by atoms with E-state index in [9.17, 15) is 4.79 Å². The molecule has 0 unspecified atom stereocenters. The van der Waals surface area contributed by atoms with E-state index in [1.54, 1.807) is 0 Å². The first kappa shape index (κ1) is 19.8. The molecule has 122 valence electrons. The minimum absolute atomic E-state index is 0.179. The summed E-state index contributed by atoms with van der Waals surface area (Å²) < 4.78 is 16.4. The lowest BCUT2D eigenvalue weighted by Crippen LogP contribution is -2.25. The number of carbonyl (C=O) groups is 1. The van der Waals surface area contributed by atoms with Gasteiger partial charge in [-0.1, -0.05) is 13.8 Å². The maximum atomic E-state index is 11.5. The van der Waals surface area contributed by atoms with Gasteiger partial charge < -0.3 is 13.9 Å². The molecule has 0 radical (unpaired) electrons. The van der Waals surface area contributed by atoms with Crippen molar-refractivity contribution in [2.24, 2.45) is 5.92 Å². The molecule has 0 aliphatic carbocycles. The van der Waals surface area contributed by atoms with E-state index in [1.807, 2.05) is 13.8 Å². The highest BCUT2D eigenvalue weighted by Gasteiger charge is 2.19. The SMILES string of the molecule is CCOC(=O)CCC(=C=C(OCC)O[Si](C)(C)C)C(C)C. The topological polar surface area (TPSA) is 44.8 Å². The summed E-state index contributed by atoms with van der Waals surface area (Å²) in [6.07, 6.45) is 0.975. The fraction of sp³-hybridized carbons (Fsp3) is 0.750. The summed E-state index contributed by atoms with van der Waals surface area (Å²) in [5.74, 6) is 0.547. The highest BCUT2D eigenvalue weighted by atomic mass is 28.4. The maximum Gasteiger partial charge on any atom is 0.313 e. The molecule has 0 aliphatic heterocycles. The van der Waals surface area contributed by atoms with Crippen LogP contribution in [0.1, 0.15) is 40.5 Å². The van der Waals surface area contributed by atoms with Gasteiger partial charge in [0.2, 0.25) is 8.32 Å². The Labute approximate surface area is 130 Å². The molecular formula is C16H30O4Si. The van der Waals surface area contributed by atoms with Gasteiger partial charge in [0.05, 0.1) is 13.2 Å². The maximum absolute atomic E-state index is 11.5. The van der Waals surface area contributed by atoms with Crippen LogP contribution in [-0.2, 0) is 18.7 Å². The Morgan fingerprint density at radius 3 is 2.05 bits per heavy atom. The molecule has 0 bridgehead atoms. The van der Waals surface area contributed by atoms with Crippen molar-refractivity contribution in [2.75, 3.05) is 13.2 Å². The van der Waals surface area contributed by atoms with Crippen molar-refractivity contribution in [3.05, 3.63) is 17.2 Å². The number of ether oxygens (including phenoxy) is 2. The Hall–Kier alpha value is -1.19. The highest BCUT2D eigenvalue weighted by molar-refractivity contribution is 6.69. The minimum atomic E-state index is -1.75. The Morgan fingerprint density at radius 1 is 1.05 bits per heavy atom. The summed E-state index contributed by atoms with van der Waals surface area (Å²) in [6, 6.07) is 0. The van der Waals surface area contributed by atoms with E-state index >= 15 is 0 Å². The average molecular weight is 314 g/mol. The van der Waals surface area contributed by atoms with Crippen LogP contribution in [0.3, 0.4) is 0 Å². The number of carbonyl (C=O) groups excluding carboxylic acids is 1. The highest BCUT2D eigenvalue weighted by Crippen LogP contribution is 2.18. The van der Waals surface area contributed by atoms with Crippen LogP contribution in [0.5, 0.6) is 0 Å². The summed E-state index contributed by atoms with van der Waals surface area (Å²) in [5, 5.41) is 0. The smallest absolute Gasteiger partial charge is 0.313 e. The van der Waals surface area contributed by atoms with Crippen molar-refractivity contribution in [3.63, 3.8) is 0 Å². The molecule has 0 saturated heterocycles. The molecule has 0 heterocycles. The lowest BCUT2D eigenvalue weighted by atomic mass is 9.99. The molecule has 0 saturated carbocycles. The van der Waals surface area contributed by atoms with Crippen LogP contribution in [0.25, 0.3) is 0 Å². The molecule has 0 rings (SSSR count). The Kier molecular flexibility index (Phi) is 9.14. The van der Waals surface area contributed by atoms with Crippen LogP contribution >= 0.6 is 0 Å². The first-order valence-electron chi connectivity index (χ1n) is 7.66. The lowest BCUT2D eigenvalue weighted by molar-refractivity contribution is -0.143. The number of rotatable bonds is 9. The predicted molar refractivity (Wildman–Crippen MR) is 87.3 cm³/mol. The van der Waals surface area contributed by atoms with Crippen molar-refractivity contribution in [3.8, 4) is 0 Å². The summed E-state index contributed by atoms with van der Waals surface area (Å²) >= 11 is 0. The van der Waals surface area contributed by atoms with Gasteiger partial charge in [0, 0.05) is 6.42 Å². The second kappa shape index (κ2) is 9.69. The molecule has 4 nitrogen and oxygen atoms in total. The number of allylic oxidation sites excluding steroid dienone is 1. The van der Waals surface area contributed by atoms with Gasteiger partial charge >= 0.3 is 11.9 Å². The molecular weight excluding hydrogens is 284 g/mol. The van der Waals surface area contributed by atoms with Crippen molar-refractivity contribution in [2.45, 2.75) is 60.2 Å². The van der Waals surface area contributed by atoms with Gasteiger partial charge in [-0.2, -0.15) is 0 Å². The first-order valence-corrected chi connectivity index (χ1v) is 11.1. The molecule has 0 spiro atoms. The zero-order chi connectivity index (χ0) is 16.5. The van der Waals surface area contributed by atoms with Gasteiger partial charge in [0.15, 0.2) is 0 Å².